The second-order valence-corrected chi connectivity index (χ2v) is 6.86. The molecule has 1 amide bonds. The number of halogens is 1. The second kappa shape index (κ2) is 11.9. The van der Waals surface area contributed by atoms with Crippen molar-refractivity contribution >= 4 is 47.2 Å². The normalized spacial score (nSPS) is 10.8. The molecule has 0 fully saturated rings. The zero-order valence-corrected chi connectivity index (χ0v) is 18.7. The highest BCUT2D eigenvalue weighted by Gasteiger charge is 2.10. The maximum Gasteiger partial charge on any atom is 0.243 e. The number of aliphatic imine (C=N–C) groups is 1. The highest BCUT2D eigenvalue weighted by molar-refractivity contribution is 14.0. The minimum absolute atomic E-state index is 0. The van der Waals surface area contributed by atoms with Crippen LogP contribution in [0.1, 0.15) is 11.1 Å². The summed E-state index contributed by atoms with van der Waals surface area (Å²) in [6, 6.07) is 12.4. The lowest BCUT2D eigenvalue weighted by Crippen LogP contribution is -2.40. The van der Waals surface area contributed by atoms with Gasteiger partial charge in [0.2, 0.25) is 5.91 Å². The van der Waals surface area contributed by atoms with Crippen LogP contribution in [0, 0.1) is 0 Å². The zero-order valence-electron chi connectivity index (χ0n) is 15.5. The van der Waals surface area contributed by atoms with E-state index in [1.165, 1.54) is 11.1 Å². The monoisotopic (exact) mass is 486 g/mol. The van der Waals surface area contributed by atoms with E-state index in [2.05, 4.69) is 44.2 Å². The third-order valence-corrected chi connectivity index (χ3v) is 4.50. The Bertz CT molecular complexity index is 674. The van der Waals surface area contributed by atoms with Crippen LogP contribution in [-0.4, -0.2) is 55.9 Å². The van der Waals surface area contributed by atoms with Gasteiger partial charge in [0.25, 0.3) is 0 Å². The molecule has 0 bridgehead atoms. The standard InChI is InChI=1S/C19H26N4OS.HI/c1-22(2)18(24)13-21-19(23(3)14-17-10-12-25-15-17)20-11-9-16-7-5-4-6-8-16;/h4-8,10,12,15H,9,11,13-14H2,1-3H3,(H,20,21);1H. The fraction of sp³-hybridized carbons (Fsp3) is 0.368. The fourth-order valence-electron chi connectivity index (χ4n) is 2.29. The molecule has 26 heavy (non-hydrogen) atoms. The van der Waals surface area contributed by atoms with E-state index in [0.717, 1.165) is 25.5 Å². The lowest BCUT2D eigenvalue weighted by Gasteiger charge is -2.22. The van der Waals surface area contributed by atoms with Crippen molar-refractivity contribution in [2.24, 2.45) is 4.99 Å². The van der Waals surface area contributed by atoms with Crippen LogP contribution in [0.2, 0.25) is 0 Å². The van der Waals surface area contributed by atoms with Crippen LogP contribution in [0.5, 0.6) is 0 Å². The van der Waals surface area contributed by atoms with Gasteiger partial charge in [0, 0.05) is 34.2 Å². The van der Waals surface area contributed by atoms with Crippen LogP contribution >= 0.6 is 35.3 Å². The quantitative estimate of drug-likeness (QED) is 0.372. The van der Waals surface area contributed by atoms with Crippen molar-refractivity contribution in [1.29, 1.82) is 0 Å². The largest absolute Gasteiger partial charge is 0.356 e. The van der Waals surface area contributed by atoms with Crippen molar-refractivity contribution in [3.05, 3.63) is 58.3 Å². The lowest BCUT2D eigenvalue weighted by atomic mass is 10.1. The summed E-state index contributed by atoms with van der Waals surface area (Å²) >= 11 is 1.68. The predicted molar refractivity (Wildman–Crippen MR) is 120 cm³/mol. The number of guanidine groups is 1. The van der Waals surface area contributed by atoms with Gasteiger partial charge in [-0.05, 0) is 34.4 Å². The van der Waals surface area contributed by atoms with E-state index >= 15 is 0 Å². The van der Waals surface area contributed by atoms with Crippen LogP contribution in [0.25, 0.3) is 0 Å². The predicted octanol–water partition coefficient (Wildman–Crippen LogP) is 3.07. The minimum atomic E-state index is -0.00806. The Morgan fingerprint density at radius 1 is 1.12 bits per heavy atom. The van der Waals surface area contributed by atoms with Gasteiger partial charge in [-0.25, -0.2) is 4.99 Å². The van der Waals surface area contributed by atoms with E-state index in [-0.39, 0.29) is 36.4 Å². The number of benzene rings is 1. The molecule has 142 valence electrons. The van der Waals surface area contributed by atoms with Crippen molar-refractivity contribution in [3.8, 4) is 0 Å². The van der Waals surface area contributed by atoms with E-state index < -0.39 is 0 Å². The van der Waals surface area contributed by atoms with Gasteiger partial charge >= 0.3 is 0 Å². The van der Waals surface area contributed by atoms with E-state index in [0.29, 0.717) is 0 Å². The van der Waals surface area contributed by atoms with Gasteiger partial charge < -0.3 is 15.1 Å². The third kappa shape index (κ3) is 7.74. The molecule has 0 aliphatic rings. The van der Waals surface area contributed by atoms with Crippen LogP contribution in [-0.2, 0) is 17.8 Å². The lowest BCUT2D eigenvalue weighted by molar-refractivity contribution is -0.127. The smallest absolute Gasteiger partial charge is 0.243 e. The Labute approximate surface area is 177 Å². The maximum absolute atomic E-state index is 11.9. The Morgan fingerprint density at radius 2 is 1.85 bits per heavy atom. The zero-order chi connectivity index (χ0) is 18.1. The summed E-state index contributed by atoms with van der Waals surface area (Å²) in [5, 5.41) is 7.58. The number of thiophene rings is 1. The first-order chi connectivity index (χ1) is 12.1. The summed E-state index contributed by atoms with van der Waals surface area (Å²) in [5.74, 6) is 0.739. The number of nitrogens with one attached hydrogen (secondary N) is 1. The molecular formula is C19H27IN4OS. The van der Waals surface area contributed by atoms with Crippen LogP contribution in [0.4, 0.5) is 0 Å². The molecule has 1 aromatic carbocycles. The number of hydrogen-bond acceptors (Lipinski definition) is 3. The van der Waals surface area contributed by atoms with Crippen molar-refractivity contribution in [2.45, 2.75) is 13.0 Å². The molecule has 0 saturated carbocycles. The third-order valence-electron chi connectivity index (χ3n) is 3.76. The van der Waals surface area contributed by atoms with Gasteiger partial charge in [0.1, 0.15) is 6.54 Å². The van der Waals surface area contributed by atoms with Gasteiger partial charge in [-0.3, -0.25) is 4.79 Å². The molecule has 1 N–H and O–H groups in total. The van der Waals surface area contributed by atoms with Gasteiger partial charge in [0.15, 0.2) is 5.96 Å². The molecule has 0 unspecified atom stereocenters. The fourth-order valence-corrected chi connectivity index (χ4v) is 2.95. The highest BCUT2D eigenvalue weighted by atomic mass is 127. The van der Waals surface area contributed by atoms with Crippen LogP contribution in [0.3, 0.4) is 0 Å². The Hall–Kier alpha value is -1.61. The SMILES string of the molecule is CN(C)C(=O)CN=C(NCCc1ccccc1)N(C)Cc1ccsc1.I. The number of nitrogens with zero attached hydrogens (tertiary/aromatic N) is 3. The summed E-state index contributed by atoms with van der Waals surface area (Å²) in [7, 11) is 5.48. The average Bonchev–Trinajstić information content (AvgIpc) is 3.11. The molecule has 1 heterocycles. The molecule has 0 aliphatic heterocycles. The molecule has 1 aromatic heterocycles. The number of carbonyl (C=O) groups excluding carboxylic acids is 1. The second-order valence-electron chi connectivity index (χ2n) is 6.08. The molecular weight excluding hydrogens is 459 g/mol. The minimum Gasteiger partial charge on any atom is -0.356 e. The number of rotatable bonds is 7. The average molecular weight is 486 g/mol. The first-order valence-electron chi connectivity index (χ1n) is 8.31. The summed E-state index contributed by atoms with van der Waals surface area (Å²) in [6.45, 7) is 1.68. The first kappa shape index (κ1) is 22.4. The van der Waals surface area contributed by atoms with Gasteiger partial charge in [-0.1, -0.05) is 30.3 Å². The van der Waals surface area contributed by atoms with Gasteiger partial charge in [-0.15, -0.1) is 24.0 Å². The van der Waals surface area contributed by atoms with E-state index in [4.69, 9.17) is 0 Å². The molecule has 2 aromatic rings. The summed E-state index contributed by atoms with van der Waals surface area (Å²) in [4.78, 5) is 20.0. The number of amides is 1. The summed E-state index contributed by atoms with van der Waals surface area (Å²) in [6.07, 6.45) is 0.910. The van der Waals surface area contributed by atoms with Crippen LogP contribution in [0.15, 0.2) is 52.2 Å². The molecule has 2 rings (SSSR count). The first-order valence-corrected chi connectivity index (χ1v) is 9.25. The van der Waals surface area contributed by atoms with Gasteiger partial charge in [0.05, 0.1) is 0 Å². The number of likely N-dealkylation sites (N-methyl/N-ethyl adjacent to an activating group) is 1. The van der Waals surface area contributed by atoms with Crippen LogP contribution < -0.4 is 5.32 Å². The van der Waals surface area contributed by atoms with Crippen molar-refractivity contribution in [1.82, 2.24) is 15.1 Å². The van der Waals surface area contributed by atoms with E-state index in [1.807, 2.05) is 25.2 Å². The molecule has 0 saturated heterocycles. The van der Waals surface area contributed by atoms with E-state index in [1.54, 1.807) is 30.3 Å². The molecule has 0 aliphatic carbocycles. The number of carbonyl (C=O) groups is 1. The van der Waals surface area contributed by atoms with Gasteiger partial charge in [-0.2, -0.15) is 11.3 Å². The molecule has 5 nitrogen and oxygen atoms in total. The topological polar surface area (TPSA) is 47.9 Å². The Balaban J connectivity index is 0.00000338. The number of hydrogen-bond donors (Lipinski definition) is 1. The Kier molecular flexibility index (Phi) is 10.3. The summed E-state index contributed by atoms with van der Waals surface area (Å²) < 4.78 is 0. The molecule has 7 heteroatoms. The molecule has 0 atom stereocenters. The van der Waals surface area contributed by atoms with Crippen molar-refractivity contribution in [2.75, 3.05) is 34.2 Å². The maximum atomic E-state index is 11.9. The van der Waals surface area contributed by atoms with E-state index in [9.17, 15) is 4.79 Å². The van der Waals surface area contributed by atoms with Crippen molar-refractivity contribution < 1.29 is 4.79 Å². The molecule has 0 radical (unpaired) electrons. The Morgan fingerprint density at radius 3 is 2.46 bits per heavy atom. The molecule has 0 spiro atoms. The van der Waals surface area contributed by atoms with Crippen molar-refractivity contribution in [3.63, 3.8) is 0 Å². The summed E-state index contributed by atoms with van der Waals surface area (Å²) in [5.41, 5.74) is 2.52. The highest BCUT2D eigenvalue weighted by Crippen LogP contribution is 2.08.